The highest BCUT2D eigenvalue weighted by Crippen LogP contribution is 2.33. The topological polar surface area (TPSA) is 62.7 Å². The zero-order valence-electron chi connectivity index (χ0n) is 20.1. The number of rotatable bonds is 6. The van der Waals surface area contributed by atoms with Crippen molar-refractivity contribution in [3.63, 3.8) is 0 Å². The van der Waals surface area contributed by atoms with Crippen LogP contribution in [0.25, 0.3) is 11.1 Å². The second kappa shape index (κ2) is 10.7. The van der Waals surface area contributed by atoms with Gasteiger partial charge in [0.1, 0.15) is 6.10 Å². The van der Waals surface area contributed by atoms with E-state index in [-0.39, 0.29) is 11.0 Å². The van der Waals surface area contributed by atoms with Crippen LogP contribution in [0.4, 0.5) is 13.2 Å². The summed E-state index contributed by atoms with van der Waals surface area (Å²) in [5.74, 6) is 0. The minimum Gasteiger partial charge on any atom is -0.467 e. The van der Waals surface area contributed by atoms with Crippen LogP contribution in [0.15, 0.2) is 65.0 Å². The molecule has 0 aliphatic carbocycles. The molecule has 198 valence electrons. The molecule has 3 heterocycles. The number of ether oxygens (including phenoxy) is 1. The van der Waals surface area contributed by atoms with E-state index in [1.54, 1.807) is 24.4 Å². The van der Waals surface area contributed by atoms with Gasteiger partial charge in [0.05, 0.1) is 10.5 Å². The number of benzene rings is 2. The fourth-order valence-electron chi connectivity index (χ4n) is 5.06. The Labute approximate surface area is 218 Å². The average molecular weight is 552 g/mol. The number of piperidine rings is 2. The standard InChI is InChI=1S/C26H28F3N3O3S2/c27-26(28,29)21-3-1-2-20(18-21)19-4-6-24(7-5-19)37(33,34)32-15-8-22(9-16-32)31-13-10-23(11-14-31)35-25-30-12-17-36-25/h1-7,12,17-18,22-23H,8-11,13-16H2. The lowest BCUT2D eigenvalue weighted by atomic mass is 10.00. The van der Waals surface area contributed by atoms with Gasteiger partial charge in [-0.05, 0) is 61.1 Å². The maximum absolute atomic E-state index is 13.2. The number of hydrogen-bond donors (Lipinski definition) is 0. The number of sulfonamides is 1. The van der Waals surface area contributed by atoms with E-state index >= 15 is 0 Å². The van der Waals surface area contributed by atoms with Crippen LogP contribution in [0, 0.1) is 0 Å². The molecule has 1 aromatic heterocycles. The lowest BCUT2D eigenvalue weighted by Gasteiger charge is -2.41. The highest BCUT2D eigenvalue weighted by Gasteiger charge is 2.34. The maximum Gasteiger partial charge on any atom is 0.416 e. The molecule has 0 radical (unpaired) electrons. The minimum atomic E-state index is -4.43. The van der Waals surface area contributed by atoms with Gasteiger partial charge in [0.15, 0.2) is 0 Å². The molecular weight excluding hydrogens is 523 g/mol. The molecule has 0 amide bonds. The zero-order valence-corrected chi connectivity index (χ0v) is 21.7. The third kappa shape index (κ3) is 6.00. The molecular formula is C26H28F3N3O3S2. The molecule has 11 heteroatoms. The molecule has 2 fully saturated rings. The zero-order chi connectivity index (χ0) is 26.0. The summed E-state index contributed by atoms with van der Waals surface area (Å²) in [5.41, 5.74) is 0.187. The quantitative estimate of drug-likeness (QED) is 0.404. The second-order valence-electron chi connectivity index (χ2n) is 9.39. The summed E-state index contributed by atoms with van der Waals surface area (Å²) < 4.78 is 73.1. The Morgan fingerprint density at radius 3 is 2.24 bits per heavy atom. The molecule has 2 aliphatic heterocycles. The van der Waals surface area contributed by atoms with E-state index in [1.807, 2.05) is 5.38 Å². The van der Waals surface area contributed by atoms with E-state index in [1.165, 1.54) is 33.8 Å². The van der Waals surface area contributed by atoms with Gasteiger partial charge in [-0.15, -0.1) is 0 Å². The summed E-state index contributed by atoms with van der Waals surface area (Å²) in [4.78, 5) is 6.78. The lowest BCUT2D eigenvalue weighted by molar-refractivity contribution is -0.137. The molecule has 2 aromatic carbocycles. The van der Waals surface area contributed by atoms with Crippen molar-refractivity contribution in [2.75, 3.05) is 26.2 Å². The Morgan fingerprint density at radius 2 is 1.62 bits per heavy atom. The number of nitrogens with zero attached hydrogens (tertiary/aromatic N) is 3. The monoisotopic (exact) mass is 551 g/mol. The molecule has 0 spiro atoms. The average Bonchev–Trinajstić information content (AvgIpc) is 3.42. The van der Waals surface area contributed by atoms with Crippen LogP contribution in [-0.4, -0.2) is 60.9 Å². The third-order valence-electron chi connectivity index (χ3n) is 7.11. The minimum absolute atomic E-state index is 0.154. The van der Waals surface area contributed by atoms with Crippen molar-refractivity contribution in [3.05, 3.63) is 65.7 Å². The Balaban J connectivity index is 1.16. The number of thiazole rings is 1. The van der Waals surface area contributed by atoms with Crippen molar-refractivity contribution in [1.29, 1.82) is 0 Å². The largest absolute Gasteiger partial charge is 0.467 e. The molecule has 0 N–H and O–H groups in total. The molecule has 3 aromatic rings. The summed E-state index contributed by atoms with van der Waals surface area (Å²) >= 11 is 1.50. The van der Waals surface area contributed by atoms with Crippen LogP contribution in [0.2, 0.25) is 0 Å². The highest BCUT2D eigenvalue weighted by molar-refractivity contribution is 7.89. The summed E-state index contributed by atoms with van der Waals surface area (Å²) in [7, 11) is -3.68. The molecule has 5 rings (SSSR count). The Morgan fingerprint density at radius 1 is 0.919 bits per heavy atom. The fourth-order valence-corrected chi connectivity index (χ4v) is 7.08. The first kappa shape index (κ1) is 26.1. The van der Waals surface area contributed by atoms with Gasteiger partial charge in [-0.1, -0.05) is 35.6 Å². The van der Waals surface area contributed by atoms with Gasteiger partial charge in [0, 0.05) is 43.8 Å². The molecule has 2 saturated heterocycles. The predicted molar refractivity (Wildman–Crippen MR) is 136 cm³/mol. The van der Waals surface area contributed by atoms with Gasteiger partial charge in [-0.3, -0.25) is 0 Å². The number of halogens is 3. The SMILES string of the molecule is O=S(=O)(c1ccc(-c2cccc(C(F)(F)F)c2)cc1)N1CCC(N2CCC(Oc3nccs3)CC2)CC1. The summed E-state index contributed by atoms with van der Waals surface area (Å²) in [6, 6.07) is 11.4. The van der Waals surface area contributed by atoms with Crippen molar-refractivity contribution >= 4 is 21.4 Å². The van der Waals surface area contributed by atoms with Crippen LogP contribution in [0.5, 0.6) is 5.19 Å². The fraction of sp³-hybridized carbons (Fsp3) is 0.423. The molecule has 0 bridgehead atoms. The first-order chi connectivity index (χ1) is 17.7. The van der Waals surface area contributed by atoms with Gasteiger partial charge < -0.3 is 9.64 Å². The van der Waals surface area contributed by atoms with Crippen LogP contribution in [-0.2, 0) is 16.2 Å². The maximum atomic E-state index is 13.2. The van der Waals surface area contributed by atoms with Crippen LogP contribution in [0.1, 0.15) is 31.2 Å². The van der Waals surface area contributed by atoms with Gasteiger partial charge in [-0.2, -0.15) is 17.5 Å². The summed E-state index contributed by atoms with van der Waals surface area (Å²) in [6.45, 7) is 2.73. The normalized spacial score (nSPS) is 19.2. The number of aromatic nitrogens is 1. The second-order valence-corrected chi connectivity index (χ2v) is 12.2. The van der Waals surface area contributed by atoms with Crippen molar-refractivity contribution in [2.24, 2.45) is 0 Å². The molecule has 2 aliphatic rings. The van der Waals surface area contributed by atoms with E-state index in [2.05, 4.69) is 9.88 Å². The molecule has 37 heavy (non-hydrogen) atoms. The van der Waals surface area contributed by atoms with E-state index < -0.39 is 21.8 Å². The van der Waals surface area contributed by atoms with Crippen molar-refractivity contribution < 1.29 is 26.3 Å². The van der Waals surface area contributed by atoms with Crippen LogP contribution >= 0.6 is 11.3 Å². The number of alkyl halides is 3. The smallest absolute Gasteiger partial charge is 0.416 e. The first-order valence-corrected chi connectivity index (χ1v) is 14.6. The van der Waals surface area contributed by atoms with Crippen molar-refractivity contribution in [3.8, 4) is 16.3 Å². The summed E-state index contributed by atoms with van der Waals surface area (Å²) in [5, 5.41) is 2.61. The van der Waals surface area contributed by atoms with Crippen molar-refractivity contribution in [2.45, 2.75) is 48.9 Å². The van der Waals surface area contributed by atoms with E-state index in [0.29, 0.717) is 35.5 Å². The van der Waals surface area contributed by atoms with Gasteiger partial charge in [-0.25, -0.2) is 13.4 Å². The van der Waals surface area contributed by atoms with Gasteiger partial charge in [0.2, 0.25) is 10.0 Å². The number of likely N-dealkylation sites (tertiary alicyclic amines) is 1. The first-order valence-electron chi connectivity index (χ1n) is 12.3. The van der Waals surface area contributed by atoms with Crippen LogP contribution < -0.4 is 4.74 Å². The Hall–Kier alpha value is -2.47. The van der Waals surface area contributed by atoms with E-state index in [0.717, 1.165) is 50.9 Å². The van der Waals surface area contributed by atoms with E-state index in [4.69, 9.17) is 4.74 Å². The predicted octanol–water partition coefficient (Wildman–Crippen LogP) is 5.53. The highest BCUT2D eigenvalue weighted by atomic mass is 32.2. The van der Waals surface area contributed by atoms with Gasteiger partial charge in [0.25, 0.3) is 5.19 Å². The van der Waals surface area contributed by atoms with E-state index in [9.17, 15) is 21.6 Å². The summed E-state index contributed by atoms with van der Waals surface area (Å²) in [6.07, 6.45) is 0.853. The molecule has 0 atom stereocenters. The van der Waals surface area contributed by atoms with Crippen molar-refractivity contribution in [1.82, 2.24) is 14.2 Å². The third-order valence-corrected chi connectivity index (χ3v) is 9.68. The van der Waals surface area contributed by atoms with Crippen LogP contribution in [0.3, 0.4) is 0 Å². The lowest BCUT2D eigenvalue weighted by Crippen LogP contribution is -2.50. The number of hydrogen-bond acceptors (Lipinski definition) is 6. The molecule has 6 nitrogen and oxygen atoms in total. The molecule has 0 saturated carbocycles. The Bertz CT molecular complexity index is 1280. The van der Waals surface area contributed by atoms with Gasteiger partial charge >= 0.3 is 6.18 Å². The Kier molecular flexibility index (Phi) is 7.58. The molecule has 0 unspecified atom stereocenters.